The van der Waals surface area contributed by atoms with Gasteiger partial charge in [0, 0.05) is 38.6 Å². The van der Waals surface area contributed by atoms with E-state index in [4.69, 9.17) is 0 Å². The van der Waals surface area contributed by atoms with Crippen LogP contribution in [0.4, 0.5) is 0 Å². The van der Waals surface area contributed by atoms with Crippen molar-refractivity contribution in [1.82, 2.24) is 18.6 Å². The number of aromatic nitrogens is 2. The second-order valence-electron chi connectivity index (χ2n) is 6.10. The number of piperazine rings is 1. The van der Waals surface area contributed by atoms with Gasteiger partial charge in [0.15, 0.2) is 0 Å². The Balaban J connectivity index is 1.47. The molecule has 1 aliphatic heterocycles. The molecule has 0 bridgehead atoms. The first kappa shape index (κ1) is 16.7. The molecular formula is C18H18N4O3S. The number of nitrogens with zero attached hydrogens (tertiary/aromatic N) is 4. The fourth-order valence-corrected chi connectivity index (χ4v) is 4.52. The molecule has 1 saturated heterocycles. The zero-order chi connectivity index (χ0) is 18.1. The summed E-state index contributed by atoms with van der Waals surface area (Å²) in [7, 11) is -3.52. The second-order valence-corrected chi connectivity index (χ2v) is 8.04. The third kappa shape index (κ3) is 2.97. The summed E-state index contributed by atoms with van der Waals surface area (Å²) in [4.78, 5) is 19.0. The van der Waals surface area contributed by atoms with Crippen molar-refractivity contribution in [3.63, 3.8) is 0 Å². The van der Waals surface area contributed by atoms with E-state index in [1.54, 1.807) is 45.8 Å². The molecule has 26 heavy (non-hydrogen) atoms. The molecule has 1 aromatic carbocycles. The van der Waals surface area contributed by atoms with Crippen LogP contribution in [0.1, 0.15) is 10.5 Å². The number of imidazole rings is 1. The van der Waals surface area contributed by atoms with Crippen LogP contribution in [-0.4, -0.2) is 59.1 Å². The lowest BCUT2D eigenvalue weighted by molar-refractivity contribution is 0.0692. The Morgan fingerprint density at radius 2 is 1.62 bits per heavy atom. The number of pyridine rings is 1. The molecule has 2 aromatic heterocycles. The molecule has 0 saturated carbocycles. The van der Waals surface area contributed by atoms with Gasteiger partial charge in [-0.25, -0.2) is 13.4 Å². The van der Waals surface area contributed by atoms with Crippen LogP contribution in [0, 0.1) is 0 Å². The third-order valence-electron chi connectivity index (χ3n) is 4.49. The van der Waals surface area contributed by atoms with Crippen molar-refractivity contribution in [2.45, 2.75) is 4.90 Å². The Morgan fingerprint density at radius 3 is 2.31 bits per heavy atom. The predicted octanol–water partition coefficient (Wildman–Crippen LogP) is 1.48. The number of carbonyl (C=O) groups is 1. The maximum Gasteiger partial charge on any atom is 0.274 e. The van der Waals surface area contributed by atoms with Gasteiger partial charge in [0.1, 0.15) is 11.3 Å². The second kappa shape index (κ2) is 6.54. The molecule has 0 N–H and O–H groups in total. The summed E-state index contributed by atoms with van der Waals surface area (Å²) in [6, 6.07) is 13.9. The van der Waals surface area contributed by atoms with Crippen molar-refractivity contribution in [2.24, 2.45) is 0 Å². The molecular weight excluding hydrogens is 352 g/mol. The number of fused-ring (bicyclic) bond motifs is 1. The van der Waals surface area contributed by atoms with Crippen molar-refractivity contribution in [3.05, 3.63) is 66.6 Å². The van der Waals surface area contributed by atoms with Gasteiger partial charge in [-0.2, -0.15) is 4.31 Å². The Hall–Kier alpha value is -2.71. The van der Waals surface area contributed by atoms with Crippen molar-refractivity contribution >= 4 is 21.6 Å². The summed E-state index contributed by atoms with van der Waals surface area (Å²) < 4.78 is 28.5. The van der Waals surface area contributed by atoms with Crippen LogP contribution in [0.25, 0.3) is 5.65 Å². The highest BCUT2D eigenvalue weighted by molar-refractivity contribution is 7.89. The summed E-state index contributed by atoms with van der Waals surface area (Å²) in [6.07, 6.45) is 3.54. The van der Waals surface area contributed by atoms with Crippen LogP contribution in [0.5, 0.6) is 0 Å². The van der Waals surface area contributed by atoms with Crippen LogP contribution in [0.2, 0.25) is 0 Å². The van der Waals surface area contributed by atoms with Crippen molar-refractivity contribution < 1.29 is 13.2 Å². The molecule has 134 valence electrons. The predicted molar refractivity (Wildman–Crippen MR) is 96.3 cm³/mol. The average molecular weight is 370 g/mol. The van der Waals surface area contributed by atoms with E-state index in [-0.39, 0.29) is 23.9 Å². The largest absolute Gasteiger partial charge is 0.335 e. The van der Waals surface area contributed by atoms with Crippen LogP contribution >= 0.6 is 0 Å². The number of hydrogen-bond donors (Lipinski definition) is 0. The minimum atomic E-state index is -3.52. The van der Waals surface area contributed by atoms with Gasteiger partial charge in [0.2, 0.25) is 10.0 Å². The normalized spacial score (nSPS) is 16.1. The van der Waals surface area contributed by atoms with Crippen molar-refractivity contribution in [2.75, 3.05) is 26.2 Å². The fourth-order valence-electron chi connectivity index (χ4n) is 3.07. The van der Waals surface area contributed by atoms with Gasteiger partial charge >= 0.3 is 0 Å². The molecule has 0 aliphatic carbocycles. The van der Waals surface area contributed by atoms with E-state index in [9.17, 15) is 13.2 Å². The SMILES string of the molecule is O=C(c1cn2ccccc2n1)N1CCN(S(=O)(=O)c2ccccc2)CC1. The molecule has 1 aliphatic rings. The topological polar surface area (TPSA) is 75.0 Å². The smallest absolute Gasteiger partial charge is 0.274 e. The minimum absolute atomic E-state index is 0.176. The molecule has 1 amide bonds. The van der Waals surface area contributed by atoms with Gasteiger partial charge in [-0.3, -0.25) is 4.79 Å². The van der Waals surface area contributed by atoms with Crippen molar-refractivity contribution in [3.8, 4) is 0 Å². The molecule has 3 aromatic rings. The van der Waals surface area contributed by atoms with E-state index in [1.807, 2.05) is 24.4 Å². The Bertz CT molecular complexity index is 1010. The lowest BCUT2D eigenvalue weighted by Crippen LogP contribution is -2.50. The number of carbonyl (C=O) groups excluding carboxylic acids is 1. The van der Waals surface area contributed by atoms with Gasteiger partial charge in [-0.05, 0) is 24.3 Å². The zero-order valence-corrected chi connectivity index (χ0v) is 14.8. The summed E-state index contributed by atoms with van der Waals surface area (Å²) in [5.74, 6) is -0.176. The van der Waals surface area contributed by atoms with E-state index < -0.39 is 10.0 Å². The highest BCUT2D eigenvalue weighted by Gasteiger charge is 2.30. The average Bonchev–Trinajstić information content (AvgIpc) is 3.12. The van der Waals surface area contributed by atoms with Gasteiger partial charge in [-0.1, -0.05) is 24.3 Å². The van der Waals surface area contributed by atoms with E-state index >= 15 is 0 Å². The van der Waals surface area contributed by atoms with Crippen LogP contribution in [0.3, 0.4) is 0 Å². The summed E-state index contributed by atoms with van der Waals surface area (Å²) >= 11 is 0. The number of sulfonamides is 1. The lowest BCUT2D eigenvalue weighted by atomic mass is 10.3. The third-order valence-corrected chi connectivity index (χ3v) is 6.40. The van der Waals surface area contributed by atoms with Crippen LogP contribution < -0.4 is 0 Å². The molecule has 8 heteroatoms. The quantitative estimate of drug-likeness (QED) is 0.700. The van der Waals surface area contributed by atoms with Crippen LogP contribution in [-0.2, 0) is 10.0 Å². The van der Waals surface area contributed by atoms with E-state index in [0.29, 0.717) is 24.4 Å². The molecule has 7 nitrogen and oxygen atoms in total. The van der Waals surface area contributed by atoms with E-state index in [2.05, 4.69) is 4.98 Å². The fraction of sp³-hybridized carbons (Fsp3) is 0.222. The Labute approximate surface area is 151 Å². The Morgan fingerprint density at radius 1 is 0.923 bits per heavy atom. The first-order valence-corrected chi connectivity index (χ1v) is 9.78. The van der Waals surface area contributed by atoms with Gasteiger partial charge in [-0.15, -0.1) is 0 Å². The highest BCUT2D eigenvalue weighted by Crippen LogP contribution is 2.18. The summed E-state index contributed by atoms with van der Waals surface area (Å²) in [5, 5.41) is 0. The molecule has 4 rings (SSSR count). The highest BCUT2D eigenvalue weighted by atomic mass is 32.2. The van der Waals surface area contributed by atoms with Crippen LogP contribution in [0.15, 0.2) is 65.8 Å². The van der Waals surface area contributed by atoms with Gasteiger partial charge in [0.25, 0.3) is 5.91 Å². The Kier molecular flexibility index (Phi) is 4.21. The molecule has 0 atom stereocenters. The first-order valence-electron chi connectivity index (χ1n) is 8.34. The standard InChI is InChI=1S/C18H18N4O3S/c23-18(16-14-21-9-5-4-8-17(21)19-16)20-10-12-22(13-11-20)26(24,25)15-6-2-1-3-7-15/h1-9,14H,10-13H2. The van der Waals surface area contributed by atoms with Gasteiger partial charge < -0.3 is 9.30 Å². The van der Waals surface area contributed by atoms with Gasteiger partial charge in [0.05, 0.1) is 4.90 Å². The number of amides is 1. The maximum absolute atomic E-state index is 12.7. The molecule has 0 spiro atoms. The van der Waals surface area contributed by atoms with E-state index in [1.165, 1.54) is 4.31 Å². The molecule has 0 radical (unpaired) electrons. The number of rotatable bonds is 3. The number of hydrogen-bond acceptors (Lipinski definition) is 4. The first-order chi connectivity index (χ1) is 12.6. The molecule has 1 fully saturated rings. The molecule has 3 heterocycles. The number of benzene rings is 1. The maximum atomic E-state index is 12.7. The zero-order valence-electron chi connectivity index (χ0n) is 14.0. The monoisotopic (exact) mass is 370 g/mol. The minimum Gasteiger partial charge on any atom is -0.335 e. The summed E-state index contributed by atoms with van der Waals surface area (Å²) in [5.41, 5.74) is 1.08. The van der Waals surface area contributed by atoms with E-state index in [0.717, 1.165) is 0 Å². The lowest BCUT2D eigenvalue weighted by Gasteiger charge is -2.33. The molecule has 0 unspecified atom stereocenters. The summed E-state index contributed by atoms with van der Waals surface area (Å²) in [6.45, 7) is 1.24. The van der Waals surface area contributed by atoms with Crippen molar-refractivity contribution in [1.29, 1.82) is 0 Å².